The van der Waals surface area contributed by atoms with Crippen LogP contribution in [0.15, 0.2) is 41.9 Å². The average molecular weight is 234 g/mol. The fourth-order valence-corrected chi connectivity index (χ4v) is 1.66. The number of hydrogen-bond acceptors (Lipinski definition) is 3. The highest BCUT2D eigenvalue weighted by Crippen LogP contribution is 2.19. The van der Waals surface area contributed by atoms with Gasteiger partial charge in [-0.2, -0.15) is 0 Å². The van der Waals surface area contributed by atoms with E-state index in [0.717, 1.165) is 11.3 Å². The number of amides is 1. The third-order valence-electron chi connectivity index (χ3n) is 1.86. The number of nitrogens with one attached hydrogen (secondary N) is 1. The molecule has 0 heterocycles. The van der Waals surface area contributed by atoms with Crippen LogP contribution in [0, 0.1) is 6.92 Å². The summed E-state index contributed by atoms with van der Waals surface area (Å²) in [6.45, 7) is 5.61. The van der Waals surface area contributed by atoms with Crippen molar-refractivity contribution in [3.8, 4) is 0 Å². The fraction of sp³-hybridized carbons (Fsp3) is 0.167. The molecule has 3 nitrogen and oxygen atoms in total. The van der Waals surface area contributed by atoms with E-state index < -0.39 is 0 Å². The molecule has 1 aromatic rings. The van der Waals surface area contributed by atoms with Crippen molar-refractivity contribution >= 4 is 29.0 Å². The van der Waals surface area contributed by atoms with Crippen LogP contribution in [0.4, 0.5) is 5.69 Å². The minimum Gasteiger partial charge on any atom is -0.308 e. The van der Waals surface area contributed by atoms with Crippen LogP contribution in [-0.2, 0) is 4.79 Å². The number of para-hydroxylation sites is 1. The standard InChI is InChI=1S/C12H14N2OS/c1-3-8-16-12(13-9-15)14-11-7-5-4-6-10(11)2/h3-7,9H,1,8H2,2H3,(H,13,14,15). The minimum absolute atomic E-state index is 0.587. The van der Waals surface area contributed by atoms with Gasteiger partial charge in [-0.15, -0.1) is 6.58 Å². The van der Waals surface area contributed by atoms with Crippen molar-refractivity contribution in [2.45, 2.75) is 6.92 Å². The van der Waals surface area contributed by atoms with E-state index in [1.165, 1.54) is 11.8 Å². The Hall–Kier alpha value is -1.55. The van der Waals surface area contributed by atoms with Crippen LogP contribution in [0.5, 0.6) is 0 Å². The molecule has 0 spiro atoms. The molecule has 0 aliphatic rings. The van der Waals surface area contributed by atoms with Crippen LogP contribution in [-0.4, -0.2) is 17.3 Å². The molecule has 0 aromatic heterocycles. The lowest BCUT2D eigenvalue weighted by Crippen LogP contribution is -2.18. The smallest absolute Gasteiger partial charge is 0.213 e. The van der Waals surface area contributed by atoms with Crippen molar-refractivity contribution < 1.29 is 4.79 Å². The summed E-state index contributed by atoms with van der Waals surface area (Å²) in [7, 11) is 0. The number of rotatable bonds is 4. The highest BCUT2D eigenvalue weighted by molar-refractivity contribution is 8.14. The molecular weight excluding hydrogens is 220 g/mol. The molecule has 84 valence electrons. The first kappa shape index (κ1) is 12.5. The zero-order valence-electron chi connectivity index (χ0n) is 9.14. The van der Waals surface area contributed by atoms with Gasteiger partial charge in [0.05, 0.1) is 5.69 Å². The molecule has 0 aliphatic carbocycles. The normalized spacial score (nSPS) is 10.9. The number of aliphatic imine (C=N–C) groups is 1. The Morgan fingerprint density at radius 3 is 2.94 bits per heavy atom. The van der Waals surface area contributed by atoms with Gasteiger partial charge in [0.15, 0.2) is 5.17 Å². The molecule has 0 saturated carbocycles. The van der Waals surface area contributed by atoms with Gasteiger partial charge in [-0.3, -0.25) is 4.79 Å². The van der Waals surface area contributed by atoms with Crippen molar-refractivity contribution in [3.63, 3.8) is 0 Å². The third-order valence-corrected chi connectivity index (χ3v) is 2.74. The Bertz CT molecular complexity index is 402. The van der Waals surface area contributed by atoms with Gasteiger partial charge in [0.2, 0.25) is 6.41 Å². The van der Waals surface area contributed by atoms with Crippen LogP contribution in [0.25, 0.3) is 0 Å². The van der Waals surface area contributed by atoms with E-state index in [1.807, 2.05) is 31.2 Å². The Labute approximate surface area is 99.7 Å². The molecule has 0 saturated heterocycles. The minimum atomic E-state index is 0.587. The van der Waals surface area contributed by atoms with Gasteiger partial charge >= 0.3 is 0 Å². The molecule has 0 aliphatic heterocycles. The van der Waals surface area contributed by atoms with Crippen LogP contribution in [0.3, 0.4) is 0 Å². The SMILES string of the molecule is C=CCSC(=Nc1ccccc1C)NC=O. The van der Waals surface area contributed by atoms with E-state index >= 15 is 0 Å². The Kier molecular flexibility index (Phi) is 5.36. The summed E-state index contributed by atoms with van der Waals surface area (Å²) in [5.74, 6) is 0.714. The fourth-order valence-electron chi connectivity index (χ4n) is 1.09. The molecule has 1 N–H and O–H groups in total. The van der Waals surface area contributed by atoms with Crippen molar-refractivity contribution in [3.05, 3.63) is 42.5 Å². The van der Waals surface area contributed by atoms with E-state index in [-0.39, 0.29) is 0 Å². The largest absolute Gasteiger partial charge is 0.308 e. The van der Waals surface area contributed by atoms with E-state index in [0.29, 0.717) is 17.3 Å². The quantitative estimate of drug-likeness (QED) is 0.376. The number of hydrogen-bond donors (Lipinski definition) is 1. The topological polar surface area (TPSA) is 41.5 Å². The summed E-state index contributed by atoms with van der Waals surface area (Å²) in [4.78, 5) is 14.8. The van der Waals surface area contributed by atoms with Crippen LogP contribution in [0.2, 0.25) is 0 Å². The van der Waals surface area contributed by atoms with Gasteiger partial charge in [0.1, 0.15) is 0 Å². The molecule has 1 aromatic carbocycles. The molecule has 0 radical (unpaired) electrons. The highest BCUT2D eigenvalue weighted by Gasteiger charge is 2.00. The Morgan fingerprint density at radius 1 is 1.56 bits per heavy atom. The number of thioether (sulfide) groups is 1. The number of carbonyl (C=O) groups excluding carboxylic acids is 1. The Balaban J connectivity index is 2.87. The van der Waals surface area contributed by atoms with Crippen molar-refractivity contribution in [2.75, 3.05) is 5.75 Å². The maximum absolute atomic E-state index is 10.4. The lowest BCUT2D eigenvalue weighted by atomic mass is 10.2. The molecule has 0 bridgehead atoms. The van der Waals surface area contributed by atoms with E-state index in [9.17, 15) is 4.79 Å². The van der Waals surface area contributed by atoms with Gasteiger partial charge in [-0.25, -0.2) is 4.99 Å². The average Bonchev–Trinajstić information content (AvgIpc) is 2.29. The predicted molar refractivity (Wildman–Crippen MR) is 70.1 cm³/mol. The summed E-state index contributed by atoms with van der Waals surface area (Å²) < 4.78 is 0. The van der Waals surface area contributed by atoms with E-state index in [4.69, 9.17) is 0 Å². The lowest BCUT2D eigenvalue weighted by Gasteiger charge is -2.04. The van der Waals surface area contributed by atoms with E-state index in [1.54, 1.807) is 6.08 Å². The van der Waals surface area contributed by atoms with Gasteiger partial charge < -0.3 is 5.32 Å². The second kappa shape index (κ2) is 6.85. The summed E-state index contributed by atoms with van der Waals surface area (Å²) in [5.41, 5.74) is 1.94. The zero-order chi connectivity index (χ0) is 11.8. The van der Waals surface area contributed by atoms with Crippen LogP contribution >= 0.6 is 11.8 Å². The van der Waals surface area contributed by atoms with Crippen LogP contribution in [0.1, 0.15) is 5.56 Å². The maximum Gasteiger partial charge on any atom is 0.213 e. The number of amidine groups is 1. The second-order valence-electron chi connectivity index (χ2n) is 3.07. The lowest BCUT2D eigenvalue weighted by molar-refractivity contribution is -0.108. The van der Waals surface area contributed by atoms with Gasteiger partial charge in [0.25, 0.3) is 0 Å². The van der Waals surface area contributed by atoms with Gasteiger partial charge in [-0.05, 0) is 18.6 Å². The van der Waals surface area contributed by atoms with Crippen molar-refractivity contribution in [2.24, 2.45) is 4.99 Å². The number of nitrogens with zero attached hydrogens (tertiary/aromatic N) is 1. The first-order valence-corrected chi connectivity index (χ1v) is 5.84. The monoisotopic (exact) mass is 234 g/mol. The van der Waals surface area contributed by atoms with Gasteiger partial charge in [0, 0.05) is 5.75 Å². The highest BCUT2D eigenvalue weighted by atomic mass is 32.2. The number of carbonyl (C=O) groups is 1. The molecule has 0 fully saturated rings. The molecule has 1 rings (SSSR count). The number of benzene rings is 1. The zero-order valence-corrected chi connectivity index (χ0v) is 9.96. The molecular formula is C12H14N2OS. The van der Waals surface area contributed by atoms with Crippen molar-refractivity contribution in [1.29, 1.82) is 0 Å². The first-order valence-electron chi connectivity index (χ1n) is 4.86. The third kappa shape index (κ3) is 3.90. The molecule has 0 unspecified atom stereocenters. The molecule has 4 heteroatoms. The summed E-state index contributed by atoms with van der Waals surface area (Å²) in [6, 6.07) is 7.77. The van der Waals surface area contributed by atoms with Gasteiger partial charge in [-0.1, -0.05) is 36.0 Å². The predicted octanol–water partition coefficient (Wildman–Crippen LogP) is 2.65. The van der Waals surface area contributed by atoms with Crippen LogP contribution < -0.4 is 5.32 Å². The number of aryl methyl sites for hydroxylation is 1. The summed E-state index contributed by atoms with van der Waals surface area (Å²) in [6.07, 6.45) is 2.40. The second-order valence-corrected chi connectivity index (χ2v) is 4.07. The van der Waals surface area contributed by atoms with E-state index in [2.05, 4.69) is 16.9 Å². The molecule has 16 heavy (non-hydrogen) atoms. The summed E-state index contributed by atoms with van der Waals surface area (Å²) >= 11 is 1.44. The Morgan fingerprint density at radius 2 is 2.31 bits per heavy atom. The first-order chi connectivity index (χ1) is 7.77. The maximum atomic E-state index is 10.4. The summed E-state index contributed by atoms with van der Waals surface area (Å²) in [5, 5.41) is 3.16. The van der Waals surface area contributed by atoms with Crippen molar-refractivity contribution in [1.82, 2.24) is 5.32 Å². The molecule has 1 amide bonds. The molecule has 0 atom stereocenters.